The van der Waals surface area contributed by atoms with Crippen LogP contribution in [0.2, 0.25) is 0 Å². The molecule has 100 valence electrons. The molecule has 0 saturated carbocycles. The zero-order valence-corrected chi connectivity index (χ0v) is 11.7. The van der Waals surface area contributed by atoms with Crippen molar-refractivity contribution in [1.29, 1.82) is 0 Å². The molecule has 0 radical (unpaired) electrons. The van der Waals surface area contributed by atoms with Crippen LogP contribution in [0.3, 0.4) is 0 Å². The number of hydrogen-bond donors (Lipinski definition) is 1. The van der Waals surface area contributed by atoms with E-state index in [1.54, 1.807) is 25.2 Å². The van der Waals surface area contributed by atoms with Crippen LogP contribution < -0.4 is 10.5 Å². The Kier molecular flexibility index (Phi) is 3.43. The van der Waals surface area contributed by atoms with Crippen LogP contribution in [0.1, 0.15) is 0 Å². The van der Waals surface area contributed by atoms with Crippen LogP contribution in [0.25, 0.3) is 10.9 Å². The van der Waals surface area contributed by atoms with Crippen molar-refractivity contribution in [3.05, 3.63) is 48.8 Å². The number of aromatic nitrogens is 2. The molecule has 4 nitrogen and oxygen atoms in total. The number of ether oxygens (including phenoxy) is 1. The second-order valence-electron chi connectivity index (χ2n) is 4.24. The van der Waals surface area contributed by atoms with Crippen LogP contribution in [0.15, 0.2) is 58.7 Å². The van der Waals surface area contributed by atoms with Crippen LogP contribution in [0.5, 0.6) is 5.75 Å². The second-order valence-corrected chi connectivity index (χ2v) is 5.30. The van der Waals surface area contributed by atoms with Gasteiger partial charge in [0, 0.05) is 16.0 Å². The van der Waals surface area contributed by atoms with Crippen LogP contribution in [-0.4, -0.2) is 17.1 Å². The summed E-state index contributed by atoms with van der Waals surface area (Å²) >= 11 is 1.58. The summed E-state index contributed by atoms with van der Waals surface area (Å²) in [5.74, 6) is 0.831. The molecule has 0 amide bonds. The highest BCUT2D eigenvalue weighted by Crippen LogP contribution is 2.33. The minimum atomic E-state index is 0.702. The average Bonchev–Trinajstić information content (AvgIpc) is 2.47. The fraction of sp³-hybridized carbons (Fsp3) is 0.0667. The second kappa shape index (κ2) is 5.38. The van der Waals surface area contributed by atoms with Gasteiger partial charge in [0.15, 0.2) is 0 Å². The predicted octanol–water partition coefficient (Wildman–Crippen LogP) is 3.37. The number of rotatable bonds is 3. The fourth-order valence-electron chi connectivity index (χ4n) is 1.91. The highest BCUT2D eigenvalue weighted by molar-refractivity contribution is 7.99. The third kappa shape index (κ3) is 2.53. The van der Waals surface area contributed by atoms with Gasteiger partial charge >= 0.3 is 0 Å². The Morgan fingerprint density at radius 1 is 1.10 bits per heavy atom. The molecule has 1 heterocycles. The summed E-state index contributed by atoms with van der Waals surface area (Å²) in [6, 6.07) is 13.6. The maximum atomic E-state index is 5.78. The van der Waals surface area contributed by atoms with Gasteiger partial charge in [-0.25, -0.2) is 9.97 Å². The van der Waals surface area contributed by atoms with Gasteiger partial charge in [-0.2, -0.15) is 0 Å². The van der Waals surface area contributed by atoms with E-state index in [0.717, 1.165) is 26.6 Å². The highest BCUT2D eigenvalue weighted by Gasteiger charge is 2.06. The Balaban J connectivity index is 2.02. The smallest absolute Gasteiger partial charge is 0.119 e. The molecule has 0 saturated heterocycles. The molecule has 5 heteroatoms. The molecular weight excluding hydrogens is 270 g/mol. The highest BCUT2D eigenvalue weighted by atomic mass is 32.2. The molecule has 0 aliphatic heterocycles. The molecular formula is C15H13N3OS. The van der Waals surface area contributed by atoms with Crippen LogP contribution in [0.4, 0.5) is 5.69 Å². The van der Waals surface area contributed by atoms with Crippen molar-refractivity contribution in [2.45, 2.75) is 9.92 Å². The summed E-state index contributed by atoms with van der Waals surface area (Å²) in [4.78, 5) is 9.68. The van der Waals surface area contributed by atoms with Gasteiger partial charge in [-0.3, -0.25) is 0 Å². The first-order valence-electron chi connectivity index (χ1n) is 6.08. The van der Waals surface area contributed by atoms with Gasteiger partial charge in [0.1, 0.15) is 17.1 Å². The van der Waals surface area contributed by atoms with Gasteiger partial charge in [-0.15, -0.1) is 0 Å². The number of anilines is 1. The van der Waals surface area contributed by atoms with E-state index in [2.05, 4.69) is 9.97 Å². The zero-order chi connectivity index (χ0) is 13.9. The third-order valence-corrected chi connectivity index (χ3v) is 3.89. The molecule has 0 spiro atoms. The molecule has 0 fully saturated rings. The number of nitrogen functional groups attached to an aromatic ring is 1. The maximum Gasteiger partial charge on any atom is 0.119 e. The number of benzene rings is 2. The van der Waals surface area contributed by atoms with Crippen molar-refractivity contribution in [3.63, 3.8) is 0 Å². The largest absolute Gasteiger partial charge is 0.497 e. The zero-order valence-electron chi connectivity index (χ0n) is 10.9. The van der Waals surface area contributed by atoms with Crippen molar-refractivity contribution in [1.82, 2.24) is 9.97 Å². The average molecular weight is 283 g/mol. The monoisotopic (exact) mass is 283 g/mol. The molecule has 0 unspecified atom stereocenters. The first kappa shape index (κ1) is 12.7. The van der Waals surface area contributed by atoms with Crippen molar-refractivity contribution >= 4 is 28.4 Å². The number of nitrogens with two attached hydrogens (primary N) is 1. The van der Waals surface area contributed by atoms with Gasteiger partial charge in [0.25, 0.3) is 0 Å². The molecule has 0 aliphatic carbocycles. The molecule has 0 atom stereocenters. The number of nitrogens with zero attached hydrogens (tertiary/aromatic N) is 2. The van der Waals surface area contributed by atoms with Crippen molar-refractivity contribution in [2.75, 3.05) is 12.8 Å². The van der Waals surface area contributed by atoms with Crippen molar-refractivity contribution < 1.29 is 4.74 Å². The van der Waals surface area contributed by atoms with Gasteiger partial charge in [0.2, 0.25) is 0 Å². The summed E-state index contributed by atoms with van der Waals surface area (Å²) < 4.78 is 5.23. The molecule has 2 N–H and O–H groups in total. The Bertz CT molecular complexity index is 761. The van der Waals surface area contributed by atoms with Gasteiger partial charge in [-0.05, 0) is 36.4 Å². The minimum Gasteiger partial charge on any atom is -0.497 e. The van der Waals surface area contributed by atoms with E-state index in [9.17, 15) is 0 Å². The van der Waals surface area contributed by atoms with Crippen LogP contribution >= 0.6 is 11.8 Å². The quantitative estimate of drug-likeness (QED) is 0.590. The summed E-state index contributed by atoms with van der Waals surface area (Å²) in [5.41, 5.74) is 7.34. The summed E-state index contributed by atoms with van der Waals surface area (Å²) in [6.07, 6.45) is 1.56. The van der Waals surface area contributed by atoms with Gasteiger partial charge in [0.05, 0.1) is 12.6 Å². The van der Waals surface area contributed by atoms with E-state index in [1.165, 1.54) is 0 Å². The molecule has 3 aromatic rings. The first-order chi connectivity index (χ1) is 9.76. The van der Waals surface area contributed by atoms with Crippen LogP contribution in [0, 0.1) is 0 Å². The molecule has 2 aromatic carbocycles. The number of fused-ring (bicyclic) bond motifs is 1. The Morgan fingerprint density at radius 2 is 2.00 bits per heavy atom. The summed E-state index contributed by atoms with van der Waals surface area (Å²) in [7, 11) is 1.66. The first-order valence-corrected chi connectivity index (χ1v) is 6.90. The lowest BCUT2D eigenvalue weighted by atomic mass is 10.2. The normalized spacial score (nSPS) is 10.7. The van der Waals surface area contributed by atoms with Crippen LogP contribution in [-0.2, 0) is 0 Å². The lowest BCUT2D eigenvalue weighted by Gasteiger charge is -2.06. The number of hydrogen-bond acceptors (Lipinski definition) is 5. The van der Waals surface area contributed by atoms with E-state index in [-0.39, 0.29) is 0 Å². The Morgan fingerprint density at radius 3 is 2.85 bits per heavy atom. The summed E-state index contributed by atoms with van der Waals surface area (Å²) in [6.45, 7) is 0. The molecule has 3 rings (SSSR count). The Labute approximate surface area is 121 Å². The van der Waals surface area contributed by atoms with Gasteiger partial charge < -0.3 is 10.5 Å². The van der Waals surface area contributed by atoms with E-state index in [4.69, 9.17) is 10.5 Å². The predicted molar refractivity (Wildman–Crippen MR) is 81.1 cm³/mol. The van der Waals surface area contributed by atoms with E-state index >= 15 is 0 Å². The molecule has 0 aliphatic rings. The van der Waals surface area contributed by atoms with Crippen molar-refractivity contribution in [3.8, 4) is 5.75 Å². The lowest BCUT2D eigenvalue weighted by molar-refractivity contribution is 0.413. The van der Waals surface area contributed by atoms with Gasteiger partial charge in [-0.1, -0.05) is 17.8 Å². The van der Waals surface area contributed by atoms with E-state index < -0.39 is 0 Å². The minimum absolute atomic E-state index is 0.702. The van der Waals surface area contributed by atoms with E-state index in [0.29, 0.717) is 5.69 Å². The molecule has 1 aromatic heterocycles. The molecule has 0 bridgehead atoms. The maximum absolute atomic E-state index is 5.78. The SMILES string of the molecule is COc1cccc(Sc2ncnc3cc(N)ccc23)c1. The summed E-state index contributed by atoms with van der Waals surface area (Å²) in [5, 5.41) is 1.90. The van der Waals surface area contributed by atoms with E-state index in [1.807, 2.05) is 42.5 Å². The standard InChI is InChI=1S/C15H13N3OS/c1-19-11-3-2-4-12(8-11)20-15-13-6-5-10(16)7-14(13)17-9-18-15/h2-9H,16H2,1H3. The van der Waals surface area contributed by atoms with Crippen molar-refractivity contribution in [2.24, 2.45) is 0 Å². The fourth-order valence-corrected chi connectivity index (χ4v) is 2.83. The number of methoxy groups -OCH3 is 1. The third-order valence-electron chi connectivity index (χ3n) is 2.88. The molecule has 20 heavy (non-hydrogen) atoms. The Hall–Kier alpha value is -2.27. The topological polar surface area (TPSA) is 61.0 Å². The lowest BCUT2D eigenvalue weighted by Crippen LogP contribution is -1.90.